The molecule has 0 saturated carbocycles. The number of aromatic nitrogens is 1. The molecule has 2 heteroatoms. The topological polar surface area (TPSA) is 14.2 Å². The second-order valence-corrected chi connectivity index (χ2v) is 6.21. The standard InChI is InChI=1S/C19H17NO/c1-12-6-7-17-19-14(11-21-17)8-9-20-15-5-3-2-4-13(15)10-16(20)18(12)19/h2-7,10,14H,8-9,11H2,1H3. The Morgan fingerprint density at radius 2 is 2.05 bits per heavy atom. The number of para-hydroxylation sites is 1. The molecule has 104 valence electrons. The van der Waals surface area contributed by atoms with E-state index in [9.17, 15) is 0 Å². The summed E-state index contributed by atoms with van der Waals surface area (Å²) in [6.45, 7) is 4.14. The van der Waals surface area contributed by atoms with Gasteiger partial charge >= 0.3 is 0 Å². The van der Waals surface area contributed by atoms with Crippen LogP contribution in [0.3, 0.4) is 0 Å². The summed E-state index contributed by atoms with van der Waals surface area (Å²) in [6.07, 6.45) is 1.16. The van der Waals surface area contributed by atoms with E-state index in [0.29, 0.717) is 5.92 Å². The number of nitrogens with zero attached hydrogens (tertiary/aromatic N) is 1. The Bertz CT molecular complexity index is 875. The summed E-state index contributed by atoms with van der Waals surface area (Å²) in [5, 5.41) is 1.34. The van der Waals surface area contributed by atoms with Gasteiger partial charge in [-0.15, -0.1) is 0 Å². The Kier molecular flexibility index (Phi) is 2.13. The first kappa shape index (κ1) is 11.4. The summed E-state index contributed by atoms with van der Waals surface area (Å²) in [6, 6.07) is 15.4. The van der Waals surface area contributed by atoms with Gasteiger partial charge in [-0.25, -0.2) is 0 Å². The van der Waals surface area contributed by atoms with Gasteiger partial charge in [0.1, 0.15) is 5.75 Å². The Morgan fingerprint density at radius 1 is 1.14 bits per heavy atom. The predicted octanol–water partition coefficient (Wildman–Crippen LogP) is 4.50. The molecule has 2 aliphatic rings. The molecule has 0 saturated heterocycles. The minimum atomic E-state index is 0.550. The molecule has 0 spiro atoms. The largest absolute Gasteiger partial charge is 0.493 e. The van der Waals surface area contributed by atoms with Gasteiger partial charge in [-0.2, -0.15) is 0 Å². The molecular weight excluding hydrogens is 258 g/mol. The van der Waals surface area contributed by atoms with E-state index in [-0.39, 0.29) is 0 Å². The number of rotatable bonds is 0. The molecule has 1 atom stereocenters. The van der Waals surface area contributed by atoms with Gasteiger partial charge in [0.05, 0.1) is 6.61 Å². The molecule has 0 amide bonds. The van der Waals surface area contributed by atoms with Crippen molar-refractivity contribution >= 4 is 10.9 Å². The van der Waals surface area contributed by atoms with Crippen LogP contribution in [-0.4, -0.2) is 11.2 Å². The summed E-state index contributed by atoms with van der Waals surface area (Å²) in [5.41, 5.74) is 6.92. The van der Waals surface area contributed by atoms with Crippen LogP contribution < -0.4 is 4.74 Å². The predicted molar refractivity (Wildman–Crippen MR) is 85.0 cm³/mol. The molecule has 1 aromatic heterocycles. The van der Waals surface area contributed by atoms with Crippen molar-refractivity contribution in [1.29, 1.82) is 0 Å². The lowest BCUT2D eigenvalue weighted by molar-refractivity contribution is 0.321. The second kappa shape index (κ2) is 3.91. The highest BCUT2D eigenvalue weighted by atomic mass is 16.5. The fraction of sp³-hybridized carbons (Fsp3) is 0.263. The molecule has 0 N–H and O–H groups in total. The minimum absolute atomic E-state index is 0.550. The fourth-order valence-corrected chi connectivity index (χ4v) is 4.03. The zero-order chi connectivity index (χ0) is 14.0. The van der Waals surface area contributed by atoms with Crippen LogP contribution in [0.25, 0.3) is 22.2 Å². The van der Waals surface area contributed by atoms with Crippen molar-refractivity contribution in [3.8, 4) is 17.0 Å². The number of ether oxygens (including phenoxy) is 1. The molecule has 5 rings (SSSR count). The molecule has 3 aromatic rings. The van der Waals surface area contributed by atoms with Gasteiger partial charge in [-0.3, -0.25) is 0 Å². The van der Waals surface area contributed by atoms with Gasteiger partial charge in [-0.1, -0.05) is 24.3 Å². The molecule has 0 radical (unpaired) electrons. The Balaban J connectivity index is 1.92. The number of fused-ring (bicyclic) bond motifs is 4. The first-order valence-electron chi connectivity index (χ1n) is 7.68. The highest BCUT2D eigenvalue weighted by Crippen LogP contribution is 2.47. The van der Waals surface area contributed by atoms with Gasteiger partial charge in [-0.05, 0) is 37.1 Å². The summed E-state index contributed by atoms with van der Waals surface area (Å²) < 4.78 is 8.41. The Labute approximate surface area is 124 Å². The third-order valence-electron chi connectivity index (χ3n) is 5.03. The molecule has 2 nitrogen and oxygen atoms in total. The van der Waals surface area contributed by atoms with Gasteiger partial charge in [0.2, 0.25) is 0 Å². The molecular formula is C19H17NO. The first-order valence-corrected chi connectivity index (χ1v) is 7.68. The number of aryl methyl sites for hydroxylation is 2. The molecule has 2 aromatic carbocycles. The molecule has 1 unspecified atom stereocenters. The van der Waals surface area contributed by atoms with Gasteiger partial charge in [0.25, 0.3) is 0 Å². The molecule has 0 aliphatic carbocycles. The van der Waals surface area contributed by atoms with Crippen LogP contribution >= 0.6 is 0 Å². The molecule has 2 aliphatic heterocycles. The van der Waals surface area contributed by atoms with Crippen molar-refractivity contribution < 1.29 is 4.74 Å². The zero-order valence-corrected chi connectivity index (χ0v) is 12.1. The number of benzene rings is 2. The van der Waals surface area contributed by atoms with Crippen molar-refractivity contribution in [1.82, 2.24) is 4.57 Å². The van der Waals surface area contributed by atoms with Gasteiger partial charge in [0, 0.05) is 40.2 Å². The molecule has 21 heavy (non-hydrogen) atoms. The summed E-state index contributed by atoms with van der Waals surface area (Å²) in [7, 11) is 0. The van der Waals surface area contributed by atoms with Crippen molar-refractivity contribution in [2.75, 3.05) is 6.61 Å². The lowest BCUT2D eigenvalue weighted by Gasteiger charge is -2.12. The smallest absolute Gasteiger partial charge is 0.123 e. The third-order valence-corrected chi connectivity index (χ3v) is 5.03. The maximum Gasteiger partial charge on any atom is 0.123 e. The van der Waals surface area contributed by atoms with Crippen LogP contribution in [-0.2, 0) is 6.54 Å². The van der Waals surface area contributed by atoms with Crippen LogP contribution in [0.1, 0.15) is 23.5 Å². The van der Waals surface area contributed by atoms with Crippen molar-refractivity contribution in [2.24, 2.45) is 0 Å². The summed E-state index contributed by atoms with van der Waals surface area (Å²) in [5.74, 6) is 1.65. The van der Waals surface area contributed by atoms with Crippen LogP contribution in [0, 0.1) is 6.92 Å². The quantitative estimate of drug-likeness (QED) is 0.589. The summed E-state index contributed by atoms with van der Waals surface area (Å²) in [4.78, 5) is 0. The minimum Gasteiger partial charge on any atom is -0.493 e. The van der Waals surface area contributed by atoms with Crippen molar-refractivity contribution in [3.63, 3.8) is 0 Å². The monoisotopic (exact) mass is 275 g/mol. The van der Waals surface area contributed by atoms with E-state index in [0.717, 1.165) is 25.3 Å². The molecule has 0 bridgehead atoms. The van der Waals surface area contributed by atoms with Crippen molar-refractivity contribution in [2.45, 2.75) is 25.8 Å². The third kappa shape index (κ3) is 1.42. The fourth-order valence-electron chi connectivity index (χ4n) is 4.03. The van der Waals surface area contributed by atoms with Gasteiger partial charge in [0.15, 0.2) is 0 Å². The molecule has 3 heterocycles. The van der Waals surface area contributed by atoms with E-state index < -0.39 is 0 Å². The van der Waals surface area contributed by atoms with E-state index in [1.165, 1.54) is 33.3 Å². The van der Waals surface area contributed by atoms with Crippen LogP contribution in [0.2, 0.25) is 0 Å². The van der Waals surface area contributed by atoms with Crippen LogP contribution in [0.15, 0.2) is 42.5 Å². The highest BCUT2D eigenvalue weighted by Gasteiger charge is 2.32. The SMILES string of the molecule is Cc1ccc2c3c1-c1cc4ccccc4n1CCC3CO2. The van der Waals surface area contributed by atoms with E-state index in [4.69, 9.17) is 4.74 Å². The van der Waals surface area contributed by atoms with Crippen molar-refractivity contribution in [3.05, 3.63) is 53.6 Å². The lowest BCUT2D eigenvalue weighted by atomic mass is 9.90. The molecule has 0 fully saturated rings. The van der Waals surface area contributed by atoms with Gasteiger partial charge < -0.3 is 9.30 Å². The first-order chi connectivity index (χ1) is 10.3. The highest BCUT2D eigenvalue weighted by molar-refractivity contribution is 5.89. The van der Waals surface area contributed by atoms with E-state index >= 15 is 0 Å². The summed E-state index contributed by atoms with van der Waals surface area (Å²) >= 11 is 0. The van der Waals surface area contributed by atoms with Crippen LogP contribution in [0.5, 0.6) is 5.75 Å². The van der Waals surface area contributed by atoms with E-state index in [2.05, 4.69) is 54.0 Å². The van der Waals surface area contributed by atoms with E-state index in [1.807, 2.05) is 0 Å². The van der Waals surface area contributed by atoms with E-state index in [1.54, 1.807) is 0 Å². The normalized spacial score (nSPS) is 19.0. The maximum atomic E-state index is 5.91. The Morgan fingerprint density at radius 3 is 3.00 bits per heavy atom. The lowest BCUT2D eigenvalue weighted by Crippen LogP contribution is -2.04. The average Bonchev–Trinajstić information content (AvgIpc) is 3.02. The maximum absolute atomic E-state index is 5.91. The zero-order valence-electron chi connectivity index (χ0n) is 12.1. The number of hydrogen-bond donors (Lipinski definition) is 0. The number of hydrogen-bond acceptors (Lipinski definition) is 1. The van der Waals surface area contributed by atoms with Crippen LogP contribution in [0.4, 0.5) is 0 Å². The Hall–Kier alpha value is -2.22. The average molecular weight is 275 g/mol. The second-order valence-electron chi connectivity index (χ2n) is 6.21.